The molecule has 0 aliphatic rings. The molecule has 0 fully saturated rings. The van der Waals surface area contributed by atoms with E-state index in [-0.39, 0.29) is 12.2 Å². The molecule has 0 heterocycles. The summed E-state index contributed by atoms with van der Waals surface area (Å²) < 4.78 is 24.2. The molecule has 2 amide bonds. The first-order chi connectivity index (χ1) is 16.9. The van der Waals surface area contributed by atoms with Crippen LogP contribution in [0.4, 0.5) is 15.8 Å². The van der Waals surface area contributed by atoms with E-state index in [4.69, 9.17) is 21.1 Å². The summed E-state index contributed by atoms with van der Waals surface area (Å²) in [4.78, 5) is 24.7. The molecule has 0 atom stereocenters. The molecular weight excluding hydrogens is 473 g/mol. The van der Waals surface area contributed by atoms with Gasteiger partial charge in [-0.1, -0.05) is 23.7 Å². The van der Waals surface area contributed by atoms with Crippen LogP contribution in [0.1, 0.15) is 12.5 Å². The number of carbonyl (C=O) groups is 2. The van der Waals surface area contributed by atoms with Crippen molar-refractivity contribution in [2.24, 2.45) is 0 Å². The van der Waals surface area contributed by atoms with Crippen molar-refractivity contribution in [1.82, 2.24) is 0 Å². The van der Waals surface area contributed by atoms with Gasteiger partial charge in [-0.2, -0.15) is 5.26 Å². The Labute approximate surface area is 206 Å². The molecule has 7 nitrogen and oxygen atoms in total. The number of rotatable bonds is 9. The van der Waals surface area contributed by atoms with E-state index in [1.165, 1.54) is 30.3 Å². The Kier molecular flexibility index (Phi) is 8.82. The van der Waals surface area contributed by atoms with Crippen molar-refractivity contribution in [3.05, 3.63) is 88.7 Å². The largest absolute Gasteiger partial charge is 0.490 e. The molecule has 0 aliphatic carbocycles. The Morgan fingerprint density at radius 2 is 1.77 bits per heavy atom. The summed E-state index contributed by atoms with van der Waals surface area (Å²) in [6.45, 7) is 1.80. The highest BCUT2D eigenvalue weighted by Gasteiger charge is 2.13. The summed E-state index contributed by atoms with van der Waals surface area (Å²) in [5.74, 6) is -0.794. The standard InChI is InChI=1S/C26H21ClFN3O4/c1-2-34-24-13-17(12-18(15-29)26(33)31-22-5-3-4-19(27)14-22)6-11-23(24)35-16-25(32)30-21-9-7-20(28)8-10-21/h3-14H,2,16H2,1H3,(H,30,32)(H,31,33)/b18-12-. The Morgan fingerprint density at radius 3 is 2.46 bits per heavy atom. The fourth-order valence-electron chi connectivity index (χ4n) is 2.96. The minimum Gasteiger partial charge on any atom is -0.490 e. The Morgan fingerprint density at radius 1 is 1.00 bits per heavy atom. The zero-order valence-corrected chi connectivity index (χ0v) is 19.4. The first kappa shape index (κ1) is 25.3. The van der Waals surface area contributed by atoms with Crippen molar-refractivity contribution in [1.29, 1.82) is 5.26 Å². The van der Waals surface area contributed by atoms with Gasteiger partial charge in [0, 0.05) is 16.4 Å². The molecule has 2 N–H and O–H groups in total. The van der Waals surface area contributed by atoms with Crippen LogP contribution in [0.2, 0.25) is 5.02 Å². The molecule has 35 heavy (non-hydrogen) atoms. The third-order valence-corrected chi connectivity index (χ3v) is 4.75. The molecule has 3 rings (SSSR count). The van der Waals surface area contributed by atoms with Crippen LogP contribution in [0.5, 0.6) is 11.5 Å². The number of anilines is 2. The van der Waals surface area contributed by atoms with Crippen molar-refractivity contribution in [2.75, 3.05) is 23.8 Å². The number of carbonyl (C=O) groups excluding carboxylic acids is 2. The van der Waals surface area contributed by atoms with Gasteiger partial charge in [0.15, 0.2) is 18.1 Å². The number of amides is 2. The van der Waals surface area contributed by atoms with Crippen LogP contribution in [0.3, 0.4) is 0 Å². The third kappa shape index (κ3) is 7.59. The van der Waals surface area contributed by atoms with E-state index in [1.807, 2.05) is 6.07 Å². The number of nitrogens with one attached hydrogen (secondary N) is 2. The lowest BCUT2D eigenvalue weighted by atomic mass is 10.1. The minimum absolute atomic E-state index is 0.125. The van der Waals surface area contributed by atoms with E-state index in [0.717, 1.165) is 0 Å². The van der Waals surface area contributed by atoms with Crippen LogP contribution < -0.4 is 20.1 Å². The van der Waals surface area contributed by atoms with Crippen LogP contribution in [0, 0.1) is 17.1 Å². The summed E-state index contributed by atoms with van der Waals surface area (Å²) in [7, 11) is 0. The first-order valence-corrected chi connectivity index (χ1v) is 10.9. The van der Waals surface area contributed by atoms with Gasteiger partial charge in [0.05, 0.1) is 6.61 Å². The maximum Gasteiger partial charge on any atom is 0.266 e. The van der Waals surface area contributed by atoms with Crippen molar-refractivity contribution < 1.29 is 23.5 Å². The lowest BCUT2D eigenvalue weighted by molar-refractivity contribution is -0.118. The molecule has 3 aromatic rings. The van der Waals surface area contributed by atoms with Gasteiger partial charge >= 0.3 is 0 Å². The zero-order valence-electron chi connectivity index (χ0n) is 18.7. The van der Waals surface area contributed by atoms with Gasteiger partial charge in [-0.15, -0.1) is 0 Å². The van der Waals surface area contributed by atoms with Crippen molar-refractivity contribution in [2.45, 2.75) is 6.92 Å². The normalized spacial score (nSPS) is 10.7. The fraction of sp³-hybridized carbons (Fsp3) is 0.115. The van der Waals surface area contributed by atoms with Crippen molar-refractivity contribution in [3.8, 4) is 17.6 Å². The fourth-order valence-corrected chi connectivity index (χ4v) is 3.15. The average Bonchev–Trinajstić information content (AvgIpc) is 2.83. The number of ether oxygens (including phenoxy) is 2. The van der Waals surface area contributed by atoms with Gasteiger partial charge < -0.3 is 20.1 Å². The minimum atomic E-state index is -0.592. The summed E-state index contributed by atoms with van der Waals surface area (Å²) in [5, 5.41) is 15.2. The molecule has 0 aromatic heterocycles. The highest BCUT2D eigenvalue weighted by atomic mass is 35.5. The van der Waals surface area contributed by atoms with Crippen LogP contribution >= 0.6 is 11.6 Å². The lowest BCUT2D eigenvalue weighted by Crippen LogP contribution is -2.20. The molecule has 3 aromatic carbocycles. The molecule has 0 saturated carbocycles. The second-order valence-electron chi connectivity index (χ2n) is 7.12. The molecule has 0 bridgehead atoms. The second kappa shape index (κ2) is 12.2. The SMILES string of the molecule is CCOc1cc(/C=C(/C#N)C(=O)Nc2cccc(Cl)c2)ccc1OCC(=O)Nc1ccc(F)cc1. The maximum absolute atomic E-state index is 13.0. The van der Waals surface area contributed by atoms with Gasteiger partial charge in [0.1, 0.15) is 17.5 Å². The Balaban J connectivity index is 1.70. The van der Waals surface area contributed by atoms with Crippen LogP contribution in [0.25, 0.3) is 6.08 Å². The lowest BCUT2D eigenvalue weighted by Gasteiger charge is -2.13. The number of halogens is 2. The number of hydrogen-bond acceptors (Lipinski definition) is 5. The van der Waals surface area contributed by atoms with Gasteiger partial charge in [-0.25, -0.2) is 4.39 Å². The second-order valence-corrected chi connectivity index (χ2v) is 7.55. The van der Waals surface area contributed by atoms with Crippen LogP contribution in [-0.2, 0) is 9.59 Å². The van der Waals surface area contributed by atoms with E-state index in [2.05, 4.69) is 10.6 Å². The summed E-state index contributed by atoms with van der Waals surface area (Å²) in [6.07, 6.45) is 1.41. The predicted molar refractivity (Wildman–Crippen MR) is 132 cm³/mol. The summed E-state index contributed by atoms with van der Waals surface area (Å²) in [6, 6.07) is 18.6. The number of benzene rings is 3. The highest BCUT2D eigenvalue weighted by molar-refractivity contribution is 6.31. The van der Waals surface area contributed by atoms with Crippen molar-refractivity contribution in [3.63, 3.8) is 0 Å². The summed E-state index contributed by atoms with van der Waals surface area (Å²) in [5.41, 5.74) is 1.29. The van der Waals surface area contributed by atoms with E-state index in [1.54, 1.807) is 49.4 Å². The Bertz CT molecular complexity index is 1290. The number of hydrogen-bond donors (Lipinski definition) is 2. The highest BCUT2D eigenvalue weighted by Crippen LogP contribution is 2.29. The van der Waals surface area contributed by atoms with Crippen LogP contribution in [0.15, 0.2) is 72.3 Å². The van der Waals surface area contributed by atoms with Gasteiger partial charge in [0.2, 0.25) is 0 Å². The molecule has 0 radical (unpaired) electrons. The van der Waals surface area contributed by atoms with Gasteiger partial charge in [-0.05, 0) is 73.2 Å². The molecule has 0 saturated heterocycles. The molecular formula is C26H21ClFN3O4. The molecule has 0 unspecified atom stereocenters. The summed E-state index contributed by atoms with van der Waals surface area (Å²) >= 11 is 5.93. The van der Waals surface area contributed by atoms with E-state index in [0.29, 0.717) is 40.1 Å². The van der Waals surface area contributed by atoms with Gasteiger partial charge in [0.25, 0.3) is 11.8 Å². The molecule has 0 spiro atoms. The molecule has 178 valence electrons. The molecule has 0 aliphatic heterocycles. The Hall–Kier alpha value is -4.35. The van der Waals surface area contributed by atoms with E-state index in [9.17, 15) is 19.2 Å². The quantitative estimate of drug-likeness (QED) is 0.305. The maximum atomic E-state index is 13.0. The molecule has 9 heteroatoms. The number of nitrogens with zero attached hydrogens (tertiary/aromatic N) is 1. The third-order valence-electron chi connectivity index (χ3n) is 4.51. The smallest absolute Gasteiger partial charge is 0.266 e. The zero-order chi connectivity index (χ0) is 25.2. The number of nitriles is 1. The van der Waals surface area contributed by atoms with Crippen molar-refractivity contribution >= 4 is 40.9 Å². The van der Waals surface area contributed by atoms with E-state index >= 15 is 0 Å². The monoisotopic (exact) mass is 493 g/mol. The van der Waals surface area contributed by atoms with Gasteiger partial charge in [-0.3, -0.25) is 9.59 Å². The topological polar surface area (TPSA) is 100 Å². The van der Waals surface area contributed by atoms with E-state index < -0.39 is 17.6 Å². The van der Waals surface area contributed by atoms with Crippen LogP contribution in [-0.4, -0.2) is 25.0 Å². The predicted octanol–water partition coefficient (Wildman–Crippen LogP) is 5.44. The first-order valence-electron chi connectivity index (χ1n) is 10.5. The average molecular weight is 494 g/mol.